The number of benzene rings is 2. The number of sulfonamides is 1. The number of carbonyl (C=O) groups excluding carboxylic acids is 1. The monoisotopic (exact) mass is 483 g/mol. The second-order valence-electron chi connectivity index (χ2n) is 7.39. The van der Waals surface area contributed by atoms with Gasteiger partial charge in [0.2, 0.25) is 10.0 Å². The third-order valence-electron chi connectivity index (χ3n) is 4.81. The van der Waals surface area contributed by atoms with Crippen molar-refractivity contribution in [2.75, 3.05) is 0 Å². The molecule has 2 aromatic carbocycles. The van der Waals surface area contributed by atoms with Crippen molar-refractivity contribution in [3.63, 3.8) is 0 Å². The van der Waals surface area contributed by atoms with Gasteiger partial charge in [0.15, 0.2) is 11.4 Å². The van der Waals surface area contributed by atoms with Gasteiger partial charge in [0.1, 0.15) is 5.82 Å². The summed E-state index contributed by atoms with van der Waals surface area (Å²) in [6.07, 6.45) is -3.39. The Bertz CT molecular complexity index is 1270. The van der Waals surface area contributed by atoms with E-state index in [1.807, 2.05) is 0 Å². The summed E-state index contributed by atoms with van der Waals surface area (Å²) < 4.78 is 81.4. The molecule has 1 heterocycles. The van der Waals surface area contributed by atoms with Crippen LogP contribution in [-0.2, 0) is 22.7 Å². The van der Waals surface area contributed by atoms with Crippen molar-refractivity contribution in [2.24, 2.45) is 0 Å². The molecule has 0 atom stereocenters. The Morgan fingerprint density at radius 3 is 2.27 bits per heavy atom. The predicted octanol–water partition coefficient (Wildman–Crippen LogP) is 2.80. The van der Waals surface area contributed by atoms with E-state index in [0.29, 0.717) is 10.2 Å². The van der Waals surface area contributed by atoms with E-state index in [-0.39, 0.29) is 23.2 Å². The van der Waals surface area contributed by atoms with Gasteiger partial charge in [-0.25, -0.2) is 22.2 Å². The summed E-state index contributed by atoms with van der Waals surface area (Å²) in [5.74, 6) is -1.77. The molecular weight excluding hydrogens is 466 g/mol. The van der Waals surface area contributed by atoms with E-state index in [0.717, 1.165) is 37.1 Å². The van der Waals surface area contributed by atoms with Crippen LogP contribution in [0.2, 0.25) is 0 Å². The normalized spacial score (nSPS) is 14.3. The van der Waals surface area contributed by atoms with Crippen molar-refractivity contribution in [1.82, 2.24) is 25.0 Å². The quantitative estimate of drug-likeness (QED) is 0.503. The van der Waals surface area contributed by atoms with Crippen molar-refractivity contribution in [1.29, 1.82) is 0 Å². The summed E-state index contributed by atoms with van der Waals surface area (Å²) in [5.41, 5.74) is -2.00. The van der Waals surface area contributed by atoms with Crippen LogP contribution in [-0.4, -0.2) is 35.4 Å². The van der Waals surface area contributed by atoms with Gasteiger partial charge in [-0.15, -0.1) is 5.10 Å². The molecule has 0 aliphatic heterocycles. The van der Waals surface area contributed by atoms with Crippen LogP contribution in [0.3, 0.4) is 0 Å². The highest BCUT2D eigenvalue weighted by Crippen LogP contribution is 2.32. The Morgan fingerprint density at radius 2 is 1.70 bits per heavy atom. The van der Waals surface area contributed by atoms with E-state index in [1.54, 1.807) is 0 Å². The Morgan fingerprint density at radius 1 is 1.06 bits per heavy atom. The van der Waals surface area contributed by atoms with Crippen molar-refractivity contribution < 1.29 is 30.8 Å². The van der Waals surface area contributed by atoms with Gasteiger partial charge in [0, 0.05) is 12.6 Å². The second kappa shape index (κ2) is 8.56. The fourth-order valence-electron chi connectivity index (χ4n) is 2.99. The fraction of sp³-hybridized carbons (Fsp3) is 0.250. The third-order valence-corrected chi connectivity index (χ3v) is 6.35. The first kappa shape index (κ1) is 22.9. The molecule has 1 aliphatic carbocycles. The molecule has 174 valence electrons. The number of aromatic nitrogens is 3. The lowest BCUT2D eigenvalue weighted by molar-refractivity contribution is -0.143. The second-order valence-corrected chi connectivity index (χ2v) is 9.11. The number of alkyl halides is 3. The van der Waals surface area contributed by atoms with E-state index in [2.05, 4.69) is 20.4 Å². The number of hydrogen-bond acceptors (Lipinski definition) is 5. The lowest BCUT2D eigenvalue weighted by Gasteiger charge is -2.11. The number of hydrogen-bond donors (Lipinski definition) is 2. The Kier molecular flexibility index (Phi) is 5.93. The summed E-state index contributed by atoms with van der Waals surface area (Å²) in [6.45, 7) is -0.171. The molecule has 0 unspecified atom stereocenters. The molecule has 8 nitrogen and oxygen atoms in total. The largest absolute Gasteiger partial charge is 0.435 e. The summed E-state index contributed by atoms with van der Waals surface area (Å²) >= 11 is 0. The average molecular weight is 483 g/mol. The van der Waals surface area contributed by atoms with E-state index in [9.17, 15) is 30.8 Å². The molecule has 2 N–H and O–H groups in total. The average Bonchev–Trinajstić information content (AvgIpc) is 3.44. The number of nitrogens with zero attached hydrogens (tertiary/aromatic N) is 3. The minimum atomic E-state index is -4.96. The summed E-state index contributed by atoms with van der Waals surface area (Å²) in [6, 6.07) is 9.60. The highest BCUT2D eigenvalue weighted by Gasteiger charge is 2.42. The Hall–Kier alpha value is -3.32. The number of halogens is 4. The number of amides is 1. The maximum Gasteiger partial charge on any atom is 0.435 e. The molecule has 0 spiro atoms. The lowest BCUT2D eigenvalue weighted by Crippen LogP contribution is -2.27. The van der Waals surface area contributed by atoms with Crippen LogP contribution >= 0.6 is 0 Å². The summed E-state index contributed by atoms with van der Waals surface area (Å²) in [5, 5.41) is 9.11. The van der Waals surface area contributed by atoms with E-state index >= 15 is 0 Å². The Labute approximate surface area is 185 Å². The van der Waals surface area contributed by atoms with Crippen molar-refractivity contribution in [2.45, 2.75) is 36.5 Å². The van der Waals surface area contributed by atoms with Gasteiger partial charge in [-0.3, -0.25) is 4.79 Å². The summed E-state index contributed by atoms with van der Waals surface area (Å²) in [7, 11) is -3.64. The molecule has 1 aliphatic rings. The molecule has 1 amide bonds. The molecule has 3 aromatic rings. The topological polar surface area (TPSA) is 106 Å². The van der Waals surface area contributed by atoms with Crippen molar-refractivity contribution in [3.8, 4) is 5.69 Å². The molecule has 4 rings (SSSR count). The zero-order chi connectivity index (χ0) is 23.8. The zero-order valence-corrected chi connectivity index (χ0v) is 17.6. The standard InChI is InChI=1S/C20H17F4N5O3S/c21-13-3-7-15(8-4-13)29-18(20(22,23)24)17(26-28-29)19(30)25-11-12-1-9-16(10-2-12)33(31,32)27-14-5-6-14/h1-4,7-10,14,27H,5-6,11H2,(H,25,30). The van der Waals surface area contributed by atoms with Crippen LogP contribution in [0.5, 0.6) is 0 Å². The van der Waals surface area contributed by atoms with Crippen LogP contribution in [0.4, 0.5) is 17.6 Å². The molecule has 0 bridgehead atoms. The van der Waals surface area contributed by atoms with Gasteiger partial charge in [0.25, 0.3) is 5.91 Å². The SMILES string of the molecule is O=C(NCc1ccc(S(=O)(=O)NC2CC2)cc1)c1nnn(-c2ccc(F)cc2)c1C(F)(F)F. The molecule has 0 radical (unpaired) electrons. The van der Waals surface area contributed by atoms with Gasteiger partial charge < -0.3 is 5.32 Å². The van der Waals surface area contributed by atoms with Gasteiger partial charge in [-0.1, -0.05) is 17.3 Å². The first-order valence-corrected chi connectivity index (χ1v) is 11.2. The lowest BCUT2D eigenvalue weighted by atomic mass is 10.2. The molecule has 1 saturated carbocycles. The molecule has 1 aromatic heterocycles. The van der Waals surface area contributed by atoms with Crippen molar-refractivity contribution >= 4 is 15.9 Å². The van der Waals surface area contributed by atoms with E-state index < -0.39 is 39.3 Å². The van der Waals surface area contributed by atoms with Crippen LogP contribution in [0.1, 0.15) is 34.6 Å². The van der Waals surface area contributed by atoms with E-state index in [1.165, 1.54) is 24.3 Å². The van der Waals surface area contributed by atoms with Crippen molar-refractivity contribution in [3.05, 3.63) is 71.3 Å². The minimum Gasteiger partial charge on any atom is -0.346 e. The number of carbonyl (C=O) groups is 1. The first-order valence-electron chi connectivity index (χ1n) is 9.73. The van der Waals surface area contributed by atoms with Crippen LogP contribution < -0.4 is 10.0 Å². The van der Waals surface area contributed by atoms with Gasteiger partial charge in [0.05, 0.1) is 10.6 Å². The van der Waals surface area contributed by atoms with Gasteiger partial charge in [-0.2, -0.15) is 13.2 Å². The van der Waals surface area contributed by atoms with Crippen LogP contribution in [0.15, 0.2) is 53.4 Å². The molecular formula is C20H17F4N5O3S. The summed E-state index contributed by atoms with van der Waals surface area (Å²) in [4.78, 5) is 12.5. The Balaban J connectivity index is 1.50. The van der Waals surface area contributed by atoms with Gasteiger partial charge in [-0.05, 0) is 54.8 Å². The number of nitrogens with one attached hydrogen (secondary N) is 2. The third kappa shape index (κ3) is 5.20. The van der Waals surface area contributed by atoms with Gasteiger partial charge >= 0.3 is 6.18 Å². The molecule has 33 heavy (non-hydrogen) atoms. The van der Waals surface area contributed by atoms with Crippen LogP contribution in [0, 0.1) is 5.82 Å². The maximum atomic E-state index is 13.7. The van der Waals surface area contributed by atoms with Crippen LogP contribution in [0.25, 0.3) is 5.69 Å². The molecule has 1 fully saturated rings. The smallest absolute Gasteiger partial charge is 0.346 e. The predicted molar refractivity (Wildman–Crippen MR) is 107 cm³/mol. The molecule has 0 saturated heterocycles. The first-order chi connectivity index (χ1) is 15.5. The van der Waals surface area contributed by atoms with E-state index in [4.69, 9.17) is 0 Å². The highest BCUT2D eigenvalue weighted by molar-refractivity contribution is 7.89. The highest BCUT2D eigenvalue weighted by atomic mass is 32.2. The minimum absolute atomic E-state index is 0.0473. The molecule has 13 heteroatoms. The number of rotatable bonds is 7. The zero-order valence-electron chi connectivity index (χ0n) is 16.8. The maximum absolute atomic E-state index is 13.7. The fourth-order valence-corrected chi connectivity index (χ4v) is 4.30.